The number of rotatable bonds is 11. The van der Waals surface area contributed by atoms with Crippen LogP contribution in [0.2, 0.25) is 10.0 Å². The van der Waals surface area contributed by atoms with Gasteiger partial charge in [-0.1, -0.05) is 65.7 Å². The van der Waals surface area contributed by atoms with Crippen LogP contribution in [-0.4, -0.2) is 42.5 Å². The van der Waals surface area contributed by atoms with E-state index in [0.717, 1.165) is 16.7 Å². The summed E-state index contributed by atoms with van der Waals surface area (Å²) >= 11 is 12.4. The lowest BCUT2D eigenvalue weighted by Gasteiger charge is -2.34. The van der Waals surface area contributed by atoms with Crippen molar-refractivity contribution in [1.82, 2.24) is 10.2 Å². The van der Waals surface area contributed by atoms with Gasteiger partial charge in [-0.2, -0.15) is 0 Å². The van der Waals surface area contributed by atoms with Crippen LogP contribution in [-0.2, 0) is 29.0 Å². The monoisotopic (exact) mass is 570 g/mol. The van der Waals surface area contributed by atoms with E-state index in [1.807, 2.05) is 75.4 Å². The van der Waals surface area contributed by atoms with Crippen LogP contribution in [0, 0.1) is 0 Å². The Labute approximate surface area is 241 Å². The maximum atomic E-state index is 13.9. The van der Waals surface area contributed by atoms with Crippen molar-refractivity contribution >= 4 is 35.0 Å². The van der Waals surface area contributed by atoms with Crippen LogP contribution in [0.1, 0.15) is 43.9 Å². The Morgan fingerprint density at radius 2 is 1.51 bits per heavy atom. The Kier molecular flexibility index (Phi) is 10.7. The highest BCUT2D eigenvalue weighted by Crippen LogP contribution is 2.29. The molecular formula is C31H36Cl2N2O4. The fraction of sp³-hybridized carbons (Fsp3) is 0.355. The summed E-state index contributed by atoms with van der Waals surface area (Å²) in [6, 6.07) is 19.8. The summed E-state index contributed by atoms with van der Waals surface area (Å²) in [4.78, 5) is 29.2. The molecule has 0 aliphatic heterocycles. The number of carbonyl (C=O) groups is 2. The molecule has 3 aromatic rings. The molecule has 39 heavy (non-hydrogen) atoms. The topological polar surface area (TPSA) is 67.9 Å². The Morgan fingerprint density at radius 1 is 0.846 bits per heavy atom. The maximum absolute atomic E-state index is 13.9. The molecule has 6 nitrogen and oxygen atoms in total. The molecule has 0 radical (unpaired) electrons. The van der Waals surface area contributed by atoms with Crippen LogP contribution in [0.15, 0.2) is 66.7 Å². The number of ether oxygens (including phenoxy) is 2. The third kappa shape index (κ3) is 8.91. The van der Waals surface area contributed by atoms with Crippen molar-refractivity contribution in [3.8, 4) is 11.5 Å². The Hall–Kier alpha value is -3.22. The number of carbonyl (C=O) groups excluding carboxylic acids is 2. The van der Waals surface area contributed by atoms with Crippen LogP contribution in [0.25, 0.3) is 0 Å². The molecular weight excluding hydrogens is 535 g/mol. The van der Waals surface area contributed by atoms with Crippen molar-refractivity contribution in [2.45, 2.75) is 58.2 Å². The second kappa shape index (κ2) is 13.7. The van der Waals surface area contributed by atoms with Crippen LogP contribution < -0.4 is 14.8 Å². The zero-order valence-corrected chi connectivity index (χ0v) is 24.6. The zero-order chi connectivity index (χ0) is 28.6. The molecule has 2 amide bonds. The zero-order valence-electron chi connectivity index (χ0n) is 23.1. The predicted molar refractivity (Wildman–Crippen MR) is 157 cm³/mol. The standard InChI is InChI=1S/C31H36Cl2N2O4/c1-31(2,3)34-30(37)26(18-21-9-7-6-8-10-21)35(20-23-11-14-24(32)25(33)17-23)29(36)16-13-22-12-15-27(38-4)28(19-22)39-5/h6-12,14-15,17,19,26H,13,16,18,20H2,1-5H3,(H,34,37). The minimum Gasteiger partial charge on any atom is -0.493 e. The molecule has 0 bridgehead atoms. The molecule has 3 rings (SSSR count). The van der Waals surface area contributed by atoms with E-state index in [9.17, 15) is 9.59 Å². The molecule has 0 aliphatic rings. The van der Waals surface area contributed by atoms with Crippen molar-refractivity contribution in [2.24, 2.45) is 0 Å². The molecule has 0 aliphatic carbocycles. The lowest BCUT2D eigenvalue weighted by Crippen LogP contribution is -2.54. The number of benzene rings is 3. The minimum absolute atomic E-state index is 0.152. The van der Waals surface area contributed by atoms with Crippen LogP contribution in [0.5, 0.6) is 11.5 Å². The molecule has 3 aromatic carbocycles. The minimum atomic E-state index is -0.737. The molecule has 0 aromatic heterocycles. The number of methoxy groups -OCH3 is 2. The summed E-state index contributed by atoms with van der Waals surface area (Å²) in [5.74, 6) is 0.851. The Morgan fingerprint density at radius 3 is 2.13 bits per heavy atom. The average molecular weight is 572 g/mol. The first-order valence-corrected chi connectivity index (χ1v) is 13.6. The number of amides is 2. The van der Waals surface area contributed by atoms with Crippen molar-refractivity contribution in [3.05, 3.63) is 93.5 Å². The number of nitrogens with zero attached hydrogens (tertiary/aromatic N) is 1. The number of halogens is 2. The fourth-order valence-electron chi connectivity index (χ4n) is 4.27. The molecule has 0 fully saturated rings. The van der Waals surface area contributed by atoms with E-state index in [1.165, 1.54) is 0 Å². The number of hydrogen-bond acceptors (Lipinski definition) is 4. The highest BCUT2D eigenvalue weighted by Gasteiger charge is 2.32. The van der Waals surface area contributed by atoms with Crippen molar-refractivity contribution < 1.29 is 19.1 Å². The molecule has 1 N–H and O–H groups in total. The number of nitrogens with one attached hydrogen (secondary N) is 1. The highest BCUT2D eigenvalue weighted by atomic mass is 35.5. The van der Waals surface area contributed by atoms with Gasteiger partial charge in [0.2, 0.25) is 11.8 Å². The smallest absolute Gasteiger partial charge is 0.243 e. The SMILES string of the molecule is COc1ccc(CCC(=O)N(Cc2ccc(Cl)c(Cl)c2)C(Cc2ccccc2)C(=O)NC(C)(C)C)cc1OC. The quantitative estimate of drug-likeness (QED) is 0.286. The third-order valence-electron chi connectivity index (χ3n) is 6.18. The normalized spacial score (nSPS) is 12.0. The van der Waals surface area contributed by atoms with Gasteiger partial charge in [-0.3, -0.25) is 9.59 Å². The van der Waals surface area contributed by atoms with E-state index >= 15 is 0 Å². The second-order valence-electron chi connectivity index (χ2n) is 10.4. The van der Waals surface area contributed by atoms with E-state index in [0.29, 0.717) is 34.4 Å². The Balaban J connectivity index is 1.95. The van der Waals surface area contributed by atoms with Crippen molar-refractivity contribution in [1.29, 1.82) is 0 Å². The highest BCUT2D eigenvalue weighted by molar-refractivity contribution is 6.42. The van der Waals surface area contributed by atoms with E-state index in [2.05, 4.69) is 5.32 Å². The number of aryl methyl sites for hydroxylation is 1. The maximum Gasteiger partial charge on any atom is 0.243 e. The van der Waals surface area contributed by atoms with E-state index in [4.69, 9.17) is 32.7 Å². The first-order valence-electron chi connectivity index (χ1n) is 12.8. The summed E-state index contributed by atoms with van der Waals surface area (Å²) in [6.45, 7) is 5.97. The summed E-state index contributed by atoms with van der Waals surface area (Å²) in [6.07, 6.45) is 1.03. The van der Waals surface area contributed by atoms with Gasteiger partial charge in [0.05, 0.1) is 24.3 Å². The first kappa shape index (κ1) is 30.3. The summed E-state index contributed by atoms with van der Waals surface area (Å²) in [5, 5.41) is 3.90. The molecule has 208 valence electrons. The van der Waals surface area contributed by atoms with Crippen LogP contribution in [0.4, 0.5) is 0 Å². The summed E-state index contributed by atoms with van der Waals surface area (Å²) in [7, 11) is 3.16. The van der Waals surface area contributed by atoms with Crippen LogP contribution in [0.3, 0.4) is 0 Å². The molecule has 0 heterocycles. The van der Waals surface area contributed by atoms with Gasteiger partial charge in [0, 0.05) is 24.9 Å². The molecule has 0 spiro atoms. The average Bonchev–Trinajstić information content (AvgIpc) is 2.90. The van der Waals surface area contributed by atoms with Gasteiger partial charge in [0.25, 0.3) is 0 Å². The van der Waals surface area contributed by atoms with E-state index in [-0.39, 0.29) is 24.8 Å². The first-order chi connectivity index (χ1) is 18.5. The molecule has 1 atom stereocenters. The van der Waals surface area contributed by atoms with Gasteiger partial charge in [-0.05, 0) is 68.1 Å². The van der Waals surface area contributed by atoms with E-state index < -0.39 is 11.6 Å². The second-order valence-corrected chi connectivity index (χ2v) is 11.2. The number of hydrogen-bond donors (Lipinski definition) is 1. The van der Waals surface area contributed by atoms with Gasteiger partial charge in [0.1, 0.15) is 6.04 Å². The van der Waals surface area contributed by atoms with Crippen molar-refractivity contribution in [3.63, 3.8) is 0 Å². The van der Waals surface area contributed by atoms with Gasteiger partial charge < -0.3 is 19.7 Å². The fourth-order valence-corrected chi connectivity index (χ4v) is 4.59. The lowest BCUT2D eigenvalue weighted by molar-refractivity contribution is -0.141. The van der Waals surface area contributed by atoms with Gasteiger partial charge >= 0.3 is 0 Å². The van der Waals surface area contributed by atoms with E-state index in [1.54, 1.807) is 31.3 Å². The van der Waals surface area contributed by atoms with Gasteiger partial charge in [0.15, 0.2) is 11.5 Å². The molecule has 0 saturated carbocycles. The third-order valence-corrected chi connectivity index (χ3v) is 6.92. The summed E-state index contributed by atoms with van der Waals surface area (Å²) < 4.78 is 10.7. The largest absolute Gasteiger partial charge is 0.493 e. The van der Waals surface area contributed by atoms with Crippen molar-refractivity contribution in [2.75, 3.05) is 14.2 Å². The predicted octanol–water partition coefficient (Wildman–Crippen LogP) is 6.50. The summed E-state index contributed by atoms with van der Waals surface area (Å²) in [5.41, 5.74) is 2.20. The Bertz CT molecular complexity index is 1280. The lowest BCUT2D eigenvalue weighted by atomic mass is 9.99. The van der Waals surface area contributed by atoms with Gasteiger partial charge in [-0.25, -0.2) is 0 Å². The molecule has 1 unspecified atom stereocenters. The molecule has 8 heteroatoms. The molecule has 0 saturated heterocycles. The van der Waals surface area contributed by atoms with Gasteiger partial charge in [-0.15, -0.1) is 0 Å². The van der Waals surface area contributed by atoms with Crippen LogP contribution >= 0.6 is 23.2 Å².